The summed E-state index contributed by atoms with van der Waals surface area (Å²) < 4.78 is 22.3. The number of nitrogens with zero attached hydrogens (tertiary/aromatic N) is 1. The molecule has 3 rings (SSSR count). The van der Waals surface area contributed by atoms with E-state index in [4.69, 9.17) is 18.9 Å². The molecule has 0 aromatic heterocycles. The van der Waals surface area contributed by atoms with Crippen molar-refractivity contribution in [3.05, 3.63) is 64.4 Å². The SMILES string of the molecule is CCOC(=O)C1=C(COc2ccc(C)c(C)c2)N(C)C(=O)N[C@@H]1c1cccc(OC)c1OC. The fraction of sp³-hybridized carbons (Fsp3) is 0.360. The predicted octanol–water partition coefficient (Wildman–Crippen LogP) is 3.91. The number of nitrogens with one attached hydrogen (secondary N) is 1. The van der Waals surface area contributed by atoms with Crippen LogP contribution in [0.2, 0.25) is 0 Å². The van der Waals surface area contributed by atoms with Crippen LogP contribution in [0, 0.1) is 13.8 Å². The van der Waals surface area contributed by atoms with Crippen LogP contribution in [0.4, 0.5) is 4.79 Å². The van der Waals surface area contributed by atoms with Gasteiger partial charge in [0.05, 0.1) is 38.1 Å². The van der Waals surface area contributed by atoms with Crippen LogP contribution in [0.15, 0.2) is 47.7 Å². The molecule has 0 unspecified atom stereocenters. The number of benzene rings is 2. The summed E-state index contributed by atoms with van der Waals surface area (Å²) in [5.74, 6) is 1.01. The van der Waals surface area contributed by atoms with E-state index in [1.54, 1.807) is 32.2 Å². The number of rotatable bonds is 8. The fourth-order valence-corrected chi connectivity index (χ4v) is 3.71. The quantitative estimate of drug-likeness (QED) is 0.609. The lowest BCUT2D eigenvalue weighted by Crippen LogP contribution is -2.48. The minimum atomic E-state index is -0.809. The average Bonchev–Trinajstić information content (AvgIpc) is 2.81. The molecule has 2 aromatic rings. The fourth-order valence-electron chi connectivity index (χ4n) is 3.71. The topological polar surface area (TPSA) is 86.3 Å². The first-order valence-corrected chi connectivity index (χ1v) is 10.7. The Balaban J connectivity index is 2.11. The molecule has 8 heteroatoms. The van der Waals surface area contributed by atoms with E-state index in [-0.39, 0.29) is 24.8 Å². The number of aryl methyl sites for hydroxylation is 2. The number of amides is 2. The van der Waals surface area contributed by atoms with Crippen LogP contribution in [-0.4, -0.2) is 51.4 Å². The number of carbonyl (C=O) groups excluding carboxylic acids is 2. The molecular weight excluding hydrogens is 424 g/mol. The molecule has 0 fully saturated rings. The van der Waals surface area contributed by atoms with Gasteiger partial charge in [-0.2, -0.15) is 0 Å². The van der Waals surface area contributed by atoms with E-state index in [2.05, 4.69) is 5.32 Å². The Morgan fingerprint density at radius 1 is 1.09 bits per heavy atom. The highest BCUT2D eigenvalue weighted by atomic mass is 16.5. The lowest BCUT2D eigenvalue weighted by atomic mass is 9.93. The van der Waals surface area contributed by atoms with Crippen molar-refractivity contribution in [2.24, 2.45) is 0 Å². The first-order valence-electron chi connectivity index (χ1n) is 10.7. The first kappa shape index (κ1) is 24.0. The van der Waals surface area contributed by atoms with Gasteiger partial charge in [-0.25, -0.2) is 9.59 Å². The van der Waals surface area contributed by atoms with Crippen molar-refractivity contribution in [2.45, 2.75) is 26.8 Å². The maximum atomic E-state index is 13.1. The van der Waals surface area contributed by atoms with Crippen molar-refractivity contribution in [3.8, 4) is 17.2 Å². The molecule has 0 saturated carbocycles. The van der Waals surface area contributed by atoms with Crippen molar-refractivity contribution >= 4 is 12.0 Å². The zero-order valence-corrected chi connectivity index (χ0v) is 19.9. The van der Waals surface area contributed by atoms with E-state index in [0.29, 0.717) is 28.5 Å². The van der Waals surface area contributed by atoms with Gasteiger partial charge in [0.15, 0.2) is 11.5 Å². The second-order valence-electron chi connectivity index (χ2n) is 7.64. The number of hydrogen-bond donors (Lipinski definition) is 1. The summed E-state index contributed by atoms with van der Waals surface area (Å²) in [5.41, 5.74) is 3.48. The third kappa shape index (κ3) is 4.89. The number of carbonyl (C=O) groups is 2. The van der Waals surface area contributed by atoms with Crippen LogP contribution in [-0.2, 0) is 9.53 Å². The molecule has 33 heavy (non-hydrogen) atoms. The minimum absolute atomic E-state index is 0.00333. The zero-order chi connectivity index (χ0) is 24.1. The van der Waals surface area contributed by atoms with Crippen molar-refractivity contribution in [3.63, 3.8) is 0 Å². The zero-order valence-electron chi connectivity index (χ0n) is 19.9. The predicted molar refractivity (Wildman–Crippen MR) is 124 cm³/mol. The minimum Gasteiger partial charge on any atom is -0.493 e. The van der Waals surface area contributed by atoms with Gasteiger partial charge in [-0.1, -0.05) is 18.2 Å². The van der Waals surface area contributed by atoms with Gasteiger partial charge in [0, 0.05) is 12.6 Å². The number of methoxy groups -OCH3 is 2. The highest BCUT2D eigenvalue weighted by Crippen LogP contribution is 2.40. The van der Waals surface area contributed by atoms with Gasteiger partial charge in [-0.3, -0.25) is 4.90 Å². The van der Waals surface area contributed by atoms with Crippen LogP contribution in [0.25, 0.3) is 0 Å². The number of hydrogen-bond acceptors (Lipinski definition) is 6. The summed E-state index contributed by atoms with van der Waals surface area (Å²) in [7, 11) is 4.63. The summed E-state index contributed by atoms with van der Waals surface area (Å²) in [6.07, 6.45) is 0. The Hall–Kier alpha value is -3.68. The number of esters is 1. The molecule has 1 heterocycles. The summed E-state index contributed by atoms with van der Waals surface area (Å²) in [6, 6.07) is 9.86. The van der Waals surface area contributed by atoms with Crippen molar-refractivity contribution in [2.75, 3.05) is 34.5 Å². The van der Waals surface area contributed by atoms with Crippen molar-refractivity contribution < 1.29 is 28.5 Å². The van der Waals surface area contributed by atoms with Crippen LogP contribution in [0.5, 0.6) is 17.2 Å². The number of ether oxygens (including phenoxy) is 4. The van der Waals surface area contributed by atoms with E-state index in [1.807, 2.05) is 32.0 Å². The highest BCUT2D eigenvalue weighted by molar-refractivity contribution is 5.95. The molecule has 0 aliphatic carbocycles. The molecule has 0 bridgehead atoms. The standard InChI is InChI=1S/C25H30N2O6/c1-7-32-24(28)21-19(14-33-17-12-11-15(2)16(3)13-17)27(4)25(29)26-22(21)18-9-8-10-20(30-5)23(18)31-6/h8-13,22H,7,14H2,1-6H3,(H,26,29)/t22-/m1/s1. The molecule has 1 N–H and O–H groups in total. The van der Waals surface area contributed by atoms with Crippen LogP contribution >= 0.6 is 0 Å². The Bertz CT molecular complexity index is 1080. The summed E-state index contributed by atoms with van der Waals surface area (Å²) in [6.45, 7) is 5.94. The highest BCUT2D eigenvalue weighted by Gasteiger charge is 2.38. The smallest absolute Gasteiger partial charge is 0.338 e. The Labute approximate surface area is 194 Å². The van der Waals surface area contributed by atoms with Gasteiger partial charge in [0.25, 0.3) is 0 Å². The first-order chi connectivity index (χ1) is 15.8. The lowest BCUT2D eigenvalue weighted by molar-refractivity contribution is -0.139. The summed E-state index contributed by atoms with van der Waals surface area (Å²) in [5, 5.41) is 2.88. The third-order valence-corrected chi connectivity index (χ3v) is 5.67. The normalized spacial score (nSPS) is 15.8. The maximum Gasteiger partial charge on any atom is 0.338 e. The molecular formula is C25H30N2O6. The molecule has 1 aliphatic rings. The van der Waals surface area contributed by atoms with Crippen LogP contribution < -0.4 is 19.5 Å². The van der Waals surface area contributed by atoms with E-state index in [0.717, 1.165) is 11.1 Å². The van der Waals surface area contributed by atoms with Crippen molar-refractivity contribution in [1.82, 2.24) is 10.2 Å². The molecule has 0 spiro atoms. The van der Waals surface area contributed by atoms with Gasteiger partial charge in [0.1, 0.15) is 12.4 Å². The Kier molecular flexibility index (Phi) is 7.48. The average molecular weight is 455 g/mol. The number of urea groups is 1. The van der Waals surface area contributed by atoms with E-state index < -0.39 is 12.0 Å². The molecule has 1 atom stereocenters. The van der Waals surface area contributed by atoms with Gasteiger partial charge >= 0.3 is 12.0 Å². The monoisotopic (exact) mass is 454 g/mol. The van der Waals surface area contributed by atoms with E-state index in [1.165, 1.54) is 19.1 Å². The number of para-hydroxylation sites is 1. The summed E-state index contributed by atoms with van der Waals surface area (Å²) in [4.78, 5) is 27.4. The lowest BCUT2D eigenvalue weighted by Gasteiger charge is -2.35. The second kappa shape index (κ2) is 10.3. The molecule has 0 radical (unpaired) electrons. The maximum absolute atomic E-state index is 13.1. The third-order valence-electron chi connectivity index (χ3n) is 5.67. The van der Waals surface area contributed by atoms with Gasteiger partial charge in [0.2, 0.25) is 0 Å². The molecule has 176 valence electrons. The van der Waals surface area contributed by atoms with Crippen molar-refractivity contribution in [1.29, 1.82) is 0 Å². The summed E-state index contributed by atoms with van der Waals surface area (Å²) >= 11 is 0. The largest absolute Gasteiger partial charge is 0.493 e. The van der Waals surface area contributed by atoms with Crippen LogP contribution in [0.3, 0.4) is 0 Å². The molecule has 2 amide bonds. The molecule has 2 aromatic carbocycles. The van der Waals surface area contributed by atoms with Gasteiger partial charge in [-0.15, -0.1) is 0 Å². The number of likely N-dealkylation sites (N-methyl/N-ethyl adjacent to an activating group) is 1. The Morgan fingerprint density at radius 3 is 2.48 bits per heavy atom. The van der Waals surface area contributed by atoms with Crippen LogP contribution in [0.1, 0.15) is 29.7 Å². The molecule has 1 aliphatic heterocycles. The van der Waals surface area contributed by atoms with E-state index in [9.17, 15) is 9.59 Å². The molecule has 0 saturated heterocycles. The van der Waals surface area contributed by atoms with Gasteiger partial charge in [-0.05, 0) is 50.1 Å². The Morgan fingerprint density at radius 2 is 1.85 bits per heavy atom. The van der Waals surface area contributed by atoms with Gasteiger partial charge < -0.3 is 24.3 Å². The second-order valence-corrected chi connectivity index (χ2v) is 7.64. The molecule has 8 nitrogen and oxygen atoms in total. The van der Waals surface area contributed by atoms with E-state index >= 15 is 0 Å².